The quantitative estimate of drug-likeness (QED) is 0.757. The molecule has 2 N–H and O–H groups in total. The van der Waals surface area contributed by atoms with Gasteiger partial charge in [-0.2, -0.15) is 0 Å². The fourth-order valence-electron chi connectivity index (χ4n) is 1.76. The summed E-state index contributed by atoms with van der Waals surface area (Å²) in [5.74, 6) is -1.89. The van der Waals surface area contributed by atoms with Gasteiger partial charge < -0.3 is 10.4 Å². The summed E-state index contributed by atoms with van der Waals surface area (Å²) in [5, 5.41) is 12.8. The Morgan fingerprint density at radius 3 is 2.52 bits per heavy atom. The average Bonchev–Trinajstić information content (AvgIpc) is 2.40. The molecule has 0 saturated heterocycles. The zero-order chi connectivity index (χ0) is 15.6. The summed E-state index contributed by atoms with van der Waals surface area (Å²) in [6.07, 6.45) is 0. The zero-order valence-electron chi connectivity index (χ0n) is 10.4. The van der Waals surface area contributed by atoms with Crippen LogP contribution in [0.15, 0.2) is 40.9 Å². The predicted molar refractivity (Wildman–Crippen MR) is 84.6 cm³/mol. The number of benzene rings is 2. The molecule has 3 nitrogen and oxygen atoms in total. The van der Waals surface area contributed by atoms with Crippen LogP contribution in [0.4, 0.5) is 10.1 Å². The number of nitrogens with one attached hydrogen (secondary N) is 1. The maximum absolute atomic E-state index is 13.9. The van der Waals surface area contributed by atoms with Gasteiger partial charge in [-0.15, -0.1) is 0 Å². The largest absolute Gasteiger partial charge is 0.479 e. The van der Waals surface area contributed by atoms with E-state index in [1.54, 1.807) is 18.2 Å². The predicted octanol–water partition coefficient (Wildman–Crippen LogP) is 5.13. The summed E-state index contributed by atoms with van der Waals surface area (Å²) in [6, 6.07) is 7.44. The summed E-state index contributed by atoms with van der Waals surface area (Å²) in [7, 11) is 0. The highest BCUT2D eigenvalue weighted by Crippen LogP contribution is 2.29. The summed E-state index contributed by atoms with van der Waals surface area (Å²) in [6.45, 7) is 0. The molecule has 0 aliphatic rings. The van der Waals surface area contributed by atoms with Crippen LogP contribution in [0, 0.1) is 5.82 Å². The second-order valence-electron chi connectivity index (χ2n) is 4.21. The second kappa shape index (κ2) is 6.64. The lowest BCUT2D eigenvalue weighted by atomic mass is 10.1. The van der Waals surface area contributed by atoms with Crippen molar-refractivity contribution in [2.45, 2.75) is 6.04 Å². The summed E-state index contributed by atoms with van der Waals surface area (Å²) >= 11 is 14.8. The molecule has 0 fully saturated rings. The van der Waals surface area contributed by atoms with E-state index in [1.165, 1.54) is 12.1 Å². The molecule has 0 aliphatic carbocycles. The topological polar surface area (TPSA) is 49.3 Å². The molecule has 110 valence electrons. The number of hydrogen-bond donors (Lipinski definition) is 2. The van der Waals surface area contributed by atoms with E-state index < -0.39 is 17.8 Å². The Hall–Kier alpha value is -1.30. The Morgan fingerprint density at radius 2 is 1.95 bits per heavy atom. The van der Waals surface area contributed by atoms with Crippen LogP contribution in [0.2, 0.25) is 10.0 Å². The van der Waals surface area contributed by atoms with Crippen molar-refractivity contribution < 1.29 is 14.3 Å². The smallest absolute Gasteiger partial charge is 0.330 e. The van der Waals surface area contributed by atoms with E-state index in [9.17, 15) is 14.3 Å². The van der Waals surface area contributed by atoms with Crippen molar-refractivity contribution in [3.8, 4) is 0 Å². The molecule has 0 heterocycles. The van der Waals surface area contributed by atoms with Crippen LogP contribution in [-0.2, 0) is 4.79 Å². The van der Waals surface area contributed by atoms with Crippen molar-refractivity contribution in [2.24, 2.45) is 0 Å². The van der Waals surface area contributed by atoms with E-state index in [4.69, 9.17) is 23.2 Å². The third kappa shape index (κ3) is 3.87. The van der Waals surface area contributed by atoms with Crippen LogP contribution in [0.3, 0.4) is 0 Å². The molecule has 2 rings (SSSR count). The number of carboxylic acids is 1. The molecule has 0 aliphatic heterocycles. The Balaban J connectivity index is 2.35. The van der Waals surface area contributed by atoms with Crippen LogP contribution in [0.1, 0.15) is 11.6 Å². The lowest BCUT2D eigenvalue weighted by Crippen LogP contribution is -2.21. The highest BCUT2D eigenvalue weighted by atomic mass is 79.9. The van der Waals surface area contributed by atoms with Gasteiger partial charge in [0.15, 0.2) is 6.04 Å². The van der Waals surface area contributed by atoms with Gasteiger partial charge in [0.1, 0.15) is 5.82 Å². The van der Waals surface area contributed by atoms with Gasteiger partial charge in [-0.05, 0) is 46.3 Å². The number of rotatable bonds is 4. The van der Waals surface area contributed by atoms with Gasteiger partial charge in [-0.25, -0.2) is 9.18 Å². The maximum Gasteiger partial charge on any atom is 0.330 e. The molecule has 21 heavy (non-hydrogen) atoms. The lowest BCUT2D eigenvalue weighted by molar-refractivity contribution is -0.138. The minimum atomic E-state index is -1.24. The Bertz CT molecular complexity index is 697. The van der Waals surface area contributed by atoms with Gasteiger partial charge in [-0.3, -0.25) is 0 Å². The number of anilines is 1. The summed E-state index contributed by atoms with van der Waals surface area (Å²) < 4.78 is 14.5. The number of carbonyl (C=O) groups is 1. The molecular formula is C14H9BrCl2FNO2. The van der Waals surface area contributed by atoms with Crippen LogP contribution < -0.4 is 5.32 Å². The van der Waals surface area contributed by atoms with E-state index in [1.807, 2.05) is 0 Å². The molecule has 1 unspecified atom stereocenters. The first-order valence-electron chi connectivity index (χ1n) is 5.78. The third-order valence-corrected chi connectivity index (χ3v) is 4.20. The monoisotopic (exact) mass is 391 g/mol. The van der Waals surface area contributed by atoms with Gasteiger partial charge in [0.25, 0.3) is 0 Å². The molecule has 0 radical (unpaired) electrons. The average molecular weight is 393 g/mol. The van der Waals surface area contributed by atoms with Crippen LogP contribution >= 0.6 is 39.1 Å². The maximum atomic E-state index is 13.9. The number of halogens is 4. The van der Waals surface area contributed by atoms with Gasteiger partial charge in [0, 0.05) is 20.7 Å². The van der Waals surface area contributed by atoms with Crippen molar-refractivity contribution in [1.29, 1.82) is 0 Å². The minimum Gasteiger partial charge on any atom is -0.479 e. The lowest BCUT2D eigenvalue weighted by Gasteiger charge is -2.17. The Morgan fingerprint density at radius 1 is 1.24 bits per heavy atom. The molecule has 2 aromatic carbocycles. The molecular weight excluding hydrogens is 384 g/mol. The Kier molecular flexibility index (Phi) is 5.08. The Labute approximate surface area is 138 Å². The third-order valence-electron chi connectivity index (χ3n) is 2.75. The highest BCUT2D eigenvalue weighted by molar-refractivity contribution is 9.10. The highest BCUT2D eigenvalue weighted by Gasteiger charge is 2.23. The number of hydrogen-bond acceptors (Lipinski definition) is 2. The SMILES string of the molecule is O=C(O)C(Nc1ccc(Cl)c(Br)c1)c1ccc(Cl)cc1F. The van der Waals surface area contributed by atoms with Crippen LogP contribution in [0.25, 0.3) is 0 Å². The number of carboxylic acid groups (broad SMARTS) is 1. The normalized spacial score (nSPS) is 12.0. The van der Waals surface area contributed by atoms with Gasteiger partial charge >= 0.3 is 5.97 Å². The van der Waals surface area contributed by atoms with E-state index >= 15 is 0 Å². The fraction of sp³-hybridized carbons (Fsp3) is 0.0714. The zero-order valence-corrected chi connectivity index (χ0v) is 13.5. The van der Waals surface area contributed by atoms with Crippen LogP contribution in [0.5, 0.6) is 0 Å². The minimum absolute atomic E-state index is 0.00188. The molecule has 7 heteroatoms. The van der Waals surface area contributed by atoms with E-state index in [0.717, 1.165) is 6.07 Å². The van der Waals surface area contributed by atoms with Crippen molar-refractivity contribution in [3.63, 3.8) is 0 Å². The molecule has 1 atom stereocenters. The molecule has 0 amide bonds. The van der Waals surface area contributed by atoms with E-state index in [0.29, 0.717) is 15.2 Å². The van der Waals surface area contributed by atoms with Gasteiger partial charge in [-0.1, -0.05) is 29.3 Å². The van der Waals surface area contributed by atoms with Crippen LogP contribution in [-0.4, -0.2) is 11.1 Å². The standard InChI is InChI=1S/C14H9BrCl2FNO2/c15-10-6-8(2-4-11(10)17)19-13(14(20)21)9-3-1-7(16)5-12(9)18/h1-6,13,19H,(H,20,21). The first kappa shape index (κ1) is 16.1. The molecule has 0 bridgehead atoms. The van der Waals surface area contributed by atoms with E-state index in [-0.39, 0.29) is 10.6 Å². The summed E-state index contributed by atoms with van der Waals surface area (Å²) in [4.78, 5) is 11.4. The van der Waals surface area contributed by atoms with Crippen molar-refractivity contribution in [3.05, 3.63) is 62.3 Å². The first-order chi connectivity index (χ1) is 9.88. The van der Waals surface area contributed by atoms with Crippen molar-refractivity contribution in [1.82, 2.24) is 0 Å². The first-order valence-corrected chi connectivity index (χ1v) is 7.32. The van der Waals surface area contributed by atoms with Crippen molar-refractivity contribution in [2.75, 3.05) is 5.32 Å². The number of aliphatic carboxylic acids is 1. The molecule has 0 saturated carbocycles. The van der Waals surface area contributed by atoms with E-state index in [2.05, 4.69) is 21.2 Å². The van der Waals surface area contributed by atoms with Gasteiger partial charge in [0.05, 0.1) is 5.02 Å². The van der Waals surface area contributed by atoms with Crippen molar-refractivity contribution >= 4 is 50.8 Å². The molecule has 2 aromatic rings. The molecule has 0 spiro atoms. The second-order valence-corrected chi connectivity index (χ2v) is 5.91. The fourth-order valence-corrected chi connectivity index (χ4v) is 2.42. The van der Waals surface area contributed by atoms with Gasteiger partial charge in [0.2, 0.25) is 0 Å². The molecule has 0 aromatic heterocycles. The summed E-state index contributed by atoms with van der Waals surface area (Å²) in [5.41, 5.74) is 0.492.